The molecule has 0 saturated carbocycles. The minimum absolute atomic E-state index is 0.0586. The Bertz CT molecular complexity index is 1090. The van der Waals surface area contributed by atoms with Crippen LogP contribution in [-0.2, 0) is 13.0 Å². The van der Waals surface area contributed by atoms with E-state index in [4.69, 9.17) is 0 Å². The molecule has 7 heteroatoms. The number of likely N-dealkylation sites (tertiary alicyclic amines) is 1. The number of pyridine rings is 3. The van der Waals surface area contributed by atoms with Crippen LogP contribution in [0, 0.1) is 0 Å². The third kappa shape index (κ3) is 4.43. The number of aromatic nitrogens is 3. The Kier molecular flexibility index (Phi) is 5.99. The molecular formula is C25H30N6O. The van der Waals surface area contributed by atoms with Crippen LogP contribution in [0.2, 0.25) is 0 Å². The van der Waals surface area contributed by atoms with Crippen molar-refractivity contribution in [3.63, 3.8) is 0 Å². The normalized spacial score (nSPS) is 17.3. The van der Waals surface area contributed by atoms with E-state index < -0.39 is 0 Å². The molecule has 2 fully saturated rings. The van der Waals surface area contributed by atoms with Crippen LogP contribution in [0.3, 0.4) is 0 Å². The molecule has 5 rings (SSSR count). The van der Waals surface area contributed by atoms with Crippen LogP contribution >= 0.6 is 0 Å². The SMILES string of the molecule is CCc1cnc2cc(CN3CCN(c4ccc(C(=O)N5CCCC5)nc4)CC3)cnc2c1. The van der Waals surface area contributed by atoms with E-state index in [0.29, 0.717) is 5.69 Å². The van der Waals surface area contributed by atoms with Gasteiger partial charge in [0.25, 0.3) is 5.91 Å². The molecule has 1 amide bonds. The highest BCUT2D eigenvalue weighted by Crippen LogP contribution is 2.19. The average molecular weight is 431 g/mol. The van der Waals surface area contributed by atoms with E-state index in [-0.39, 0.29) is 5.91 Å². The second-order valence-electron chi connectivity index (χ2n) is 8.74. The minimum atomic E-state index is 0.0586. The Morgan fingerprint density at radius 3 is 2.19 bits per heavy atom. The Labute approximate surface area is 189 Å². The van der Waals surface area contributed by atoms with Gasteiger partial charge in [-0.2, -0.15) is 0 Å². The van der Waals surface area contributed by atoms with Gasteiger partial charge in [0, 0.05) is 58.2 Å². The molecule has 5 heterocycles. The van der Waals surface area contributed by atoms with E-state index in [2.05, 4.69) is 43.8 Å². The summed E-state index contributed by atoms with van der Waals surface area (Å²) in [5.74, 6) is 0.0586. The van der Waals surface area contributed by atoms with Crippen molar-refractivity contribution in [2.24, 2.45) is 0 Å². The molecule has 2 aliphatic rings. The monoisotopic (exact) mass is 430 g/mol. The number of amides is 1. The van der Waals surface area contributed by atoms with Gasteiger partial charge in [0.05, 0.1) is 22.9 Å². The number of rotatable bonds is 5. The third-order valence-corrected chi connectivity index (χ3v) is 6.56. The molecule has 0 aliphatic carbocycles. The lowest BCUT2D eigenvalue weighted by Crippen LogP contribution is -2.46. The number of aryl methyl sites for hydroxylation is 1. The Hall–Kier alpha value is -3.06. The van der Waals surface area contributed by atoms with Crippen LogP contribution in [0.1, 0.15) is 41.4 Å². The number of nitrogens with zero attached hydrogens (tertiary/aromatic N) is 6. The van der Waals surface area contributed by atoms with Gasteiger partial charge in [-0.3, -0.25) is 19.7 Å². The average Bonchev–Trinajstić information content (AvgIpc) is 3.39. The predicted molar refractivity (Wildman–Crippen MR) is 126 cm³/mol. The molecule has 0 unspecified atom stereocenters. The molecule has 2 aliphatic heterocycles. The minimum Gasteiger partial charge on any atom is -0.368 e. The molecule has 0 aromatic carbocycles. The summed E-state index contributed by atoms with van der Waals surface area (Å²) in [7, 11) is 0. The molecular weight excluding hydrogens is 400 g/mol. The number of carbonyl (C=O) groups is 1. The van der Waals surface area contributed by atoms with Gasteiger partial charge in [0.2, 0.25) is 0 Å². The van der Waals surface area contributed by atoms with Gasteiger partial charge >= 0.3 is 0 Å². The molecule has 3 aromatic rings. The number of fused-ring (bicyclic) bond motifs is 1. The number of hydrogen-bond donors (Lipinski definition) is 0. The fourth-order valence-electron chi connectivity index (χ4n) is 4.57. The maximum atomic E-state index is 12.5. The zero-order valence-electron chi connectivity index (χ0n) is 18.7. The second-order valence-corrected chi connectivity index (χ2v) is 8.74. The topological polar surface area (TPSA) is 65.5 Å². The van der Waals surface area contributed by atoms with Gasteiger partial charge in [-0.1, -0.05) is 6.92 Å². The summed E-state index contributed by atoms with van der Waals surface area (Å²) in [6.45, 7) is 8.58. The van der Waals surface area contributed by atoms with E-state index >= 15 is 0 Å². The van der Waals surface area contributed by atoms with Crippen LogP contribution in [0.4, 0.5) is 5.69 Å². The first-order valence-corrected chi connectivity index (χ1v) is 11.7. The fraction of sp³-hybridized carbons (Fsp3) is 0.440. The van der Waals surface area contributed by atoms with Gasteiger partial charge in [-0.05, 0) is 54.7 Å². The molecule has 166 valence electrons. The zero-order valence-corrected chi connectivity index (χ0v) is 18.7. The van der Waals surface area contributed by atoms with Crippen molar-refractivity contribution in [3.05, 3.63) is 59.7 Å². The van der Waals surface area contributed by atoms with Crippen molar-refractivity contribution < 1.29 is 4.79 Å². The summed E-state index contributed by atoms with van der Waals surface area (Å²) in [5, 5.41) is 0. The van der Waals surface area contributed by atoms with E-state index in [9.17, 15) is 4.79 Å². The van der Waals surface area contributed by atoms with E-state index in [1.807, 2.05) is 35.6 Å². The molecule has 7 nitrogen and oxygen atoms in total. The Balaban J connectivity index is 1.17. The van der Waals surface area contributed by atoms with Crippen molar-refractivity contribution >= 4 is 22.6 Å². The summed E-state index contributed by atoms with van der Waals surface area (Å²) in [5.41, 5.74) is 6.00. The summed E-state index contributed by atoms with van der Waals surface area (Å²) in [6.07, 6.45) is 8.95. The van der Waals surface area contributed by atoms with Crippen LogP contribution in [0.5, 0.6) is 0 Å². The van der Waals surface area contributed by atoms with Gasteiger partial charge in [0.15, 0.2) is 0 Å². The van der Waals surface area contributed by atoms with Gasteiger partial charge in [0.1, 0.15) is 5.69 Å². The number of hydrogen-bond acceptors (Lipinski definition) is 6. The number of carbonyl (C=O) groups excluding carboxylic acids is 1. The lowest BCUT2D eigenvalue weighted by Gasteiger charge is -2.36. The highest BCUT2D eigenvalue weighted by atomic mass is 16.2. The van der Waals surface area contributed by atoms with Gasteiger partial charge in [-0.25, -0.2) is 4.98 Å². The van der Waals surface area contributed by atoms with Gasteiger partial charge in [-0.15, -0.1) is 0 Å². The lowest BCUT2D eigenvalue weighted by atomic mass is 10.1. The fourth-order valence-corrected chi connectivity index (χ4v) is 4.57. The first-order valence-electron chi connectivity index (χ1n) is 11.7. The standard InChI is InChI=1S/C25H30N6O/c1-2-19-13-23-24(26-15-19)14-20(16-27-23)18-29-9-11-30(12-10-29)21-5-6-22(28-17-21)25(32)31-7-3-4-8-31/h5-6,13-17H,2-4,7-12,18H2,1H3. The van der Waals surface area contributed by atoms with Crippen molar-refractivity contribution in [1.29, 1.82) is 0 Å². The van der Waals surface area contributed by atoms with E-state index in [0.717, 1.165) is 81.8 Å². The molecule has 3 aromatic heterocycles. The van der Waals surface area contributed by atoms with E-state index in [1.165, 1.54) is 11.1 Å². The largest absolute Gasteiger partial charge is 0.368 e. The molecule has 2 saturated heterocycles. The van der Waals surface area contributed by atoms with Crippen molar-refractivity contribution in [2.75, 3.05) is 44.2 Å². The van der Waals surface area contributed by atoms with Gasteiger partial charge < -0.3 is 9.80 Å². The molecule has 0 radical (unpaired) electrons. The molecule has 0 spiro atoms. The van der Waals surface area contributed by atoms with Crippen molar-refractivity contribution in [1.82, 2.24) is 24.8 Å². The van der Waals surface area contributed by atoms with Crippen LogP contribution in [0.25, 0.3) is 11.0 Å². The molecule has 0 bridgehead atoms. The third-order valence-electron chi connectivity index (χ3n) is 6.56. The molecule has 0 N–H and O–H groups in total. The van der Waals surface area contributed by atoms with Crippen LogP contribution in [0.15, 0.2) is 42.9 Å². The number of piperazine rings is 1. The second kappa shape index (κ2) is 9.20. The zero-order chi connectivity index (χ0) is 21.9. The highest BCUT2D eigenvalue weighted by molar-refractivity contribution is 5.92. The molecule has 0 atom stereocenters. The first kappa shape index (κ1) is 20.8. The smallest absolute Gasteiger partial charge is 0.272 e. The summed E-state index contributed by atoms with van der Waals surface area (Å²) in [6, 6.07) is 8.20. The molecule has 32 heavy (non-hydrogen) atoms. The Morgan fingerprint density at radius 2 is 1.53 bits per heavy atom. The summed E-state index contributed by atoms with van der Waals surface area (Å²) in [4.78, 5) is 32.9. The lowest BCUT2D eigenvalue weighted by molar-refractivity contribution is 0.0787. The van der Waals surface area contributed by atoms with Crippen molar-refractivity contribution in [3.8, 4) is 0 Å². The highest BCUT2D eigenvalue weighted by Gasteiger charge is 2.22. The predicted octanol–water partition coefficient (Wildman–Crippen LogP) is 3.15. The quantitative estimate of drug-likeness (QED) is 0.620. The van der Waals surface area contributed by atoms with E-state index in [1.54, 1.807) is 0 Å². The first-order chi connectivity index (χ1) is 15.7. The van der Waals surface area contributed by atoms with Crippen molar-refractivity contribution in [2.45, 2.75) is 32.7 Å². The summed E-state index contributed by atoms with van der Waals surface area (Å²) < 4.78 is 0. The summed E-state index contributed by atoms with van der Waals surface area (Å²) >= 11 is 0. The van der Waals surface area contributed by atoms with Crippen LogP contribution < -0.4 is 4.90 Å². The maximum absolute atomic E-state index is 12.5. The Morgan fingerprint density at radius 1 is 0.844 bits per heavy atom. The number of anilines is 1. The maximum Gasteiger partial charge on any atom is 0.272 e. The van der Waals surface area contributed by atoms with Crippen LogP contribution in [-0.4, -0.2) is 69.9 Å².